The Morgan fingerprint density at radius 3 is 1.71 bits per heavy atom. The summed E-state index contributed by atoms with van der Waals surface area (Å²) in [4.78, 5) is 24.1. The third-order valence-corrected chi connectivity index (χ3v) is 4.61. The number of unbranched alkanes of at least 4 members (excludes halogenated alkanes) is 4. The van der Waals surface area contributed by atoms with Gasteiger partial charge in [0.2, 0.25) is 11.8 Å². The first-order valence-electron chi connectivity index (χ1n) is 7.72. The summed E-state index contributed by atoms with van der Waals surface area (Å²) in [5.41, 5.74) is 10.2. The van der Waals surface area contributed by atoms with E-state index < -0.39 is 0 Å². The molecule has 118 valence electrons. The van der Waals surface area contributed by atoms with Crippen LogP contribution in [0.5, 0.6) is 0 Å². The Bertz CT molecular complexity index is 443. The van der Waals surface area contributed by atoms with E-state index in [2.05, 4.69) is 12.1 Å². The monoisotopic (exact) mass is 310 g/mol. The first-order chi connectivity index (χ1) is 10.1. The molecule has 1 aromatic heterocycles. The van der Waals surface area contributed by atoms with Crippen molar-refractivity contribution in [3.8, 4) is 0 Å². The zero-order valence-corrected chi connectivity index (χ0v) is 13.4. The van der Waals surface area contributed by atoms with Crippen LogP contribution in [0, 0.1) is 0 Å². The predicted molar refractivity (Wildman–Crippen MR) is 87.1 cm³/mol. The fourth-order valence-corrected chi connectivity index (χ4v) is 3.34. The second-order valence-corrected chi connectivity index (χ2v) is 6.67. The number of amides is 2. The molecule has 0 radical (unpaired) electrons. The SMILES string of the molecule is NC(=O)CCCCCCc1ccc(CCCCC(N)=O)s1. The van der Waals surface area contributed by atoms with Crippen molar-refractivity contribution in [2.75, 3.05) is 0 Å². The second kappa shape index (κ2) is 10.4. The molecule has 0 aliphatic carbocycles. The Morgan fingerprint density at radius 1 is 0.762 bits per heavy atom. The van der Waals surface area contributed by atoms with E-state index in [1.54, 1.807) is 0 Å². The van der Waals surface area contributed by atoms with Crippen molar-refractivity contribution in [3.05, 3.63) is 21.9 Å². The summed E-state index contributed by atoms with van der Waals surface area (Å²) in [5, 5.41) is 0. The molecule has 21 heavy (non-hydrogen) atoms. The Hall–Kier alpha value is -1.36. The topological polar surface area (TPSA) is 86.2 Å². The van der Waals surface area contributed by atoms with Crippen LogP contribution in [-0.4, -0.2) is 11.8 Å². The number of thiophene rings is 1. The quantitative estimate of drug-likeness (QED) is 0.582. The highest BCUT2D eigenvalue weighted by atomic mass is 32.1. The highest BCUT2D eigenvalue weighted by Gasteiger charge is 2.02. The van der Waals surface area contributed by atoms with Crippen LogP contribution < -0.4 is 11.5 Å². The number of aryl methyl sites for hydroxylation is 2. The molecule has 0 fully saturated rings. The van der Waals surface area contributed by atoms with Crippen molar-refractivity contribution < 1.29 is 9.59 Å². The van der Waals surface area contributed by atoms with Crippen LogP contribution in [0.3, 0.4) is 0 Å². The standard InChI is InChI=1S/C16H26N2O2S/c17-15(19)9-4-2-1-3-7-13-11-12-14(21-13)8-5-6-10-16(18)20/h11-12H,1-10H2,(H2,17,19)(H2,18,20). The molecule has 0 unspecified atom stereocenters. The van der Waals surface area contributed by atoms with E-state index in [9.17, 15) is 9.59 Å². The molecule has 0 saturated carbocycles. The molecular weight excluding hydrogens is 284 g/mol. The van der Waals surface area contributed by atoms with Crippen molar-refractivity contribution >= 4 is 23.2 Å². The van der Waals surface area contributed by atoms with E-state index in [1.165, 1.54) is 16.2 Å². The van der Waals surface area contributed by atoms with E-state index in [4.69, 9.17) is 11.5 Å². The van der Waals surface area contributed by atoms with Gasteiger partial charge in [0.05, 0.1) is 0 Å². The van der Waals surface area contributed by atoms with Gasteiger partial charge in [-0.15, -0.1) is 11.3 Å². The van der Waals surface area contributed by atoms with Gasteiger partial charge in [0.1, 0.15) is 0 Å². The highest BCUT2D eigenvalue weighted by molar-refractivity contribution is 7.11. The summed E-state index contributed by atoms with van der Waals surface area (Å²) in [7, 11) is 0. The van der Waals surface area contributed by atoms with Gasteiger partial charge in [-0.25, -0.2) is 0 Å². The Labute approximate surface area is 130 Å². The van der Waals surface area contributed by atoms with Crippen LogP contribution in [0.1, 0.15) is 61.1 Å². The molecule has 0 aliphatic heterocycles. The molecule has 0 aromatic carbocycles. The van der Waals surface area contributed by atoms with Crippen molar-refractivity contribution in [1.82, 2.24) is 0 Å². The predicted octanol–water partition coefficient (Wildman–Crippen LogP) is 2.92. The van der Waals surface area contributed by atoms with Crippen molar-refractivity contribution in [3.63, 3.8) is 0 Å². The van der Waals surface area contributed by atoms with Gasteiger partial charge >= 0.3 is 0 Å². The molecule has 4 N–H and O–H groups in total. The molecule has 0 saturated heterocycles. The van der Waals surface area contributed by atoms with Gasteiger partial charge in [0, 0.05) is 22.6 Å². The lowest BCUT2D eigenvalue weighted by molar-refractivity contribution is -0.119. The number of hydrogen-bond donors (Lipinski definition) is 2. The largest absolute Gasteiger partial charge is 0.370 e. The van der Waals surface area contributed by atoms with Crippen LogP contribution in [0.2, 0.25) is 0 Å². The van der Waals surface area contributed by atoms with Gasteiger partial charge in [-0.1, -0.05) is 12.8 Å². The number of carbonyl (C=O) groups excluding carboxylic acids is 2. The van der Waals surface area contributed by atoms with Crippen LogP contribution >= 0.6 is 11.3 Å². The Morgan fingerprint density at radius 2 is 1.19 bits per heavy atom. The highest BCUT2D eigenvalue weighted by Crippen LogP contribution is 2.21. The maximum Gasteiger partial charge on any atom is 0.217 e. The van der Waals surface area contributed by atoms with Gasteiger partial charge in [-0.3, -0.25) is 9.59 Å². The lowest BCUT2D eigenvalue weighted by Gasteiger charge is -1.99. The lowest BCUT2D eigenvalue weighted by atomic mass is 10.1. The molecule has 0 spiro atoms. The van der Waals surface area contributed by atoms with Crippen LogP contribution in [0.15, 0.2) is 12.1 Å². The van der Waals surface area contributed by atoms with Crippen molar-refractivity contribution in [2.24, 2.45) is 11.5 Å². The average molecular weight is 310 g/mol. The minimum Gasteiger partial charge on any atom is -0.370 e. The first-order valence-corrected chi connectivity index (χ1v) is 8.54. The van der Waals surface area contributed by atoms with Gasteiger partial charge in [-0.2, -0.15) is 0 Å². The molecule has 0 bridgehead atoms. The Kier molecular flexibility index (Phi) is 8.74. The first kappa shape index (κ1) is 17.7. The van der Waals surface area contributed by atoms with Crippen LogP contribution in [-0.2, 0) is 22.4 Å². The molecular formula is C16H26N2O2S. The van der Waals surface area contributed by atoms with E-state index in [0.29, 0.717) is 12.8 Å². The number of nitrogens with two attached hydrogens (primary N) is 2. The number of primary amides is 2. The normalized spacial score (nSPS) is 10.7. The molecule has 1 rings (SSSR count). The summed E-state index contributed by atoms with van der Waals surface area (Å²) >= 11 is 1.87. The molecule has 0 aliphatic rings. The van der Waals surface area contributed by atoms with Gasteiger partial charge in [-0.05, 0) is 50.7 Å². The van der Waals surface area contributed by atoms with Crippen LogP contribution in [0.4, 0.5) is 0 Å². The summed E-state index contributed by atoms with van der Waals surface area (Å²) in [6, 6.07) is 4.40. The molecule has 2 amide bonds. The zero-order chi connectivity index (χ0) is 15.5. The minimum atomic E-state index is -0.210. The summed E-state index contributed by atoms with van der Waals surface area (Å²) in [5.74, 6) is -0.410. The summed E-state index contributed by atoms with van der Waals surface area (Å²) in [6.45, 7) is 0. The van der Waals surface area contributed by atoms with Crippen molar-refractivity contribution in [2.45, 2.75) is 64.2 Å². The number of hydrogen-bond acceptors (Lipinski definition) is 3. The third kappa shape index (κ3) is 9.24. The molecule has 4 nitrogen and oxygen atoms in total. The fourth-order valence-electron chi connectivity index (χ4n) is 2.24. The summed E-state index contributed by atoms with van der Waals surface area (Å²) in [6.07, 6.45) is 9.36. The fraction of sp³-hybridized carbons (Fsp3) is 0.625. The lowest BCUT2D eigenvalue weighted by Crippen LogP contribution is -2.09. The molecule has 0 atom stereocenters. The van der Waals surface area contributed by atoms with E-state index in [1.807, 2.05) is 11.3 Å². The van der Waals surface area contributed by atoms with E-state index in [0.717, 1.165) is 44.9 Å². The summed E-state index contributed by atoms with van der Waals surface area (Å²) < 4.78 is 0. The van der Waals surface area contributed by atoms with E-state index in [-0.39, 0.29) is 11.8 Å². The van der Waals surface area contributed by atoms with Crippen LogP contribution in [0.25, 0.3) is 0 Å². The Balaban J connectivity index is 2.08. The smallest absolute Gasteiger partial charge is 0.217 e. The maximum atomic E-state index is 10.6. The third-order valence-electron chi connectivity index (χ3n) is 3.41. The van der Waals surface area contributed by atoms with Gasteiger partial charge in [0.25, 0.3) is 0 Å². The van der Waals surface area contributed by atoms with Crippen molar-refractivity contribution in [1.29, 1.82) is 0 Å². The van der Waals surface area contributed by atoms with Gasteiger partial charge in [0.15, 0.2) is 0 Å². The van der Waals surface area contributed by atoms with Gasteiger partial charge < -0.3 is 11.5 Å². The van der Waals surface area contributed by atoms with E-state index >= 15 is 0 Å². The molecule has 5 heteroatoms. The number of rotatable bonds is 12. The number of carbonyl (C=O) groups is 2. The minimum absolute atomic E-state index is 0.200. The average Bonchev–Trinajstić information content (AvgIpc) is 2.86. The molecule has 1 heterocycles. The zero-order valence-electron chi connectivity index (χ0n) is 12.6. The molecule has 1 aromatic rings. The maximum absolute atomic E-state index is 10.6. The second-order valence-electron chi connectivity index (χ2n) is 5.42.